The number of carbonyl (C=O) groups excluding carboxylic acids is 2. The van der Waals surface area contributed by atoms with E-state index in [1.54, 1.807) is 6.92 Å². The molecule has 1 aliphatic rings. The first kappa shape index (κ1) is 23.3. The molecular formula is C25H30N2O5. The molecule has 0 aliphatic heterocycles. The molecule has 7 heteroatoms. The summed E-state index contributed by atoms with van der Waals surface area (Å²) in [5.74, 6) is -1.63. The zero-order valence-electron chi connectivity index (χ0n) is 18.6. The topological polar surface area (TPSA) is 105 Å². The van der Waals surface area contributed by atoms with Crippen molar-refractivity contribution in [1.82, 2.24) is 10.6 Å². The molecule has 0 heterocycles. The molecule has 32 heavy (non-hydrogen) atoms. The molecule has 2 aromatic carbocycles. The molecule has 0 saturated carbocycles. The second-order valence-corrected chi connectivity index (χ2v) is 8.34. The molecule has 2 amide bonds. The first-order valence-electron chi connectivity index (χ1n) is 11.0. The molecule has 0 bridgehead atoms. The van der Waals surface area contributed by atoms with E-state index in [0.29, 0.717) is 6.42 Å². The summed E-state index contributed by atoms with van der Waals surface area (Å²) in [4.78, 5) is 36.2. The van der Waals surface area contributed by atoms with Crippen molar-refractivity contribution in [1.29, 1.82) is 0 Å². The largest absolute Gasteiger partial charge is 0.481 e. The monoisotopic (exact) mass is 438 g/mol. The number of aliphatic carboxylic acids is 1. The van der Waals surface area contributed by atoms with Crippen LogP contribution in [-0.4, -0.2) is 41.8 Å². The minimum Gasteiger partial charge on any atom is -0.481 e. The summed E-state index contributed by atoms with van der Waals surface area (Å²) in [7, 11) is 0. The van der Waals surface area contributed by atoms with Gasteiger partial charge in [-0.2, -0.15) is 0 Å². The lowest BCUT2D eigenvalue weighted by Gasteiger charge is -2.25. The average Bonchev–Trinajstić information content (AvgIpc) is 3.08. The Morgan fingerprint density at radius 1 is 0.969 bits per heavy atom. The summed E-state index contributed by atoms with van der Waals surface area (Å²) in [5, 5.41) is 14.3. The lowest BCUT2D eigenvalue weighted by molar-refractivity contribution is -0.137. The van der Waals surface area contributed by atoms with Crippen LogP contribution in [0.2, 0.25) is 0 Å². The van der Waals surface area contributed by atoms with Gasteiger partial charge in [-0.1, -0.05) is 68.8 Å². The van der Waals surface area contributed by atoms with E-state index in [1.165, 1.54) is 0 Å². The van der Waals surface area contributed by atoms with Gasteiger partial charge in [-0.25, -0.2) is 4.79 Å². The number of benzene rings is 2. The normalized spacial score (nSPS) is 15.1. The second-order valence-electron chi connectivity index (χ2n) is 8.34. The van der Waals surface area contributed by atoms with Gasteiger partial charge >= 0.3 is 12.1 Å². The van der Waals surface area contributed by atoms with Crippen LogP contribution in [0.25, 0.3) is 11.1 Å². The van der Waals surface area contributed by atoms with Gasteiger partial charge in [-0.3, -0.25) is 9.59 Å². The van der Waals surface area contributed by atoms with Gasteiger partial charge in [0.1, 0.15) is 12.6 Å². The van der Waals surface area contributed by atoms with E-state index in [4.69, 9.17) is 9.84 Å². The van der Waals surface area contributed by atoms with Crippen molar-refractivity contribution in [2.75, 3.05) is 6.61 Å². The van der Waals surface area contributed by atoms with E-state index in [-0.39, 0.29) is 24.9 Å². The predicted molar refractivity (Wildman–Crippen MR) is 121 cm³/mol. The summed E-state index contributed by atoms with van der Waals surface area (Å²) < 4.78 is 5.56. The molecule has 0 fully saturated rings. The minimum atomic E-state index is -0.998. The van der Waals surface area contributed by atoms with Gasteiger partial charge in [0.2, 0.25) is 5.91 Å². The fourth-order valence-electron chi connectivity index (χ4n) is 4.11. The molecule has 7 nitrogen and oxygen atoms in total. The highest BCUT2D eigenvalue weighted by Crippen LogP contribution is 2.44. The molecular weight excluding hydrogens is 408 g/mol. The zero-order chi connectivity index (χ0) is 23.3. The Kier molecular flexibility index (Phi) is 7.51. The SMILES string of the molecule is CC[C@H](C)[C@H](NC(=O)OCC1c2ccccc2-c2ccccc21)C(=O)NC(C)CC(=O)O. The number of hydrogen-bond acceptors (Lipinski definition) is 4. The third-order valence-corrected chi connectivity index (χ3v) is 5.98. The molecule has 0 radical (unpaired) electrons. The third kappa shape index (κ3) is 5.28. The van der Waals surface area contributed by atoms with E-state index < -0.39 is 30.1 Å². The van der Waals surface area contributed by atoms with Crippen LogP contribution in [0.4, 0.5) is 4.79 Å². The number of carboxylic acid groups (broad SMARTS) is 1. The molecule has 1 aliphatic carbocycles. The highest BCUT2D eigenvalue weighted by molar-refractivity contribution is 5.86. The molecule has 0 spiro atoms. The highest BCUT2D eigenvalue weighted by atomic mass is 16.5. The number of fused-ring (bicyclic) bond motifs is 3. The number of hydrogen-bond donors (Lipinski definition) is 3. The number of ether oxygens (including phenoxy) is 1. The van der Waals surface area contributed by atoms with Crippen LogP contribution >= 0.6 is 0 Å². The van der Waals surface area contributed by atoms with Gasteiger partial charge in [0.25, 0.3) is 0 Å². The van der Waals surface area contributed by atoms with Gasteiger partial charge in [0.05, 0.1) is 6.42 Å². The molecule has 1 unspecified atom stereocenters. The Morgan fingerprint density at radius 3 is 2.06 bits per heavy atom. The maximum Gasteiger partial charge on any atom is 0.407 e. The quantitative estimate of drug-likeness (QED) is 0.550. The fourth-order valence-corrected chi connectivity index (χ4v) is 4.11. The van der Waals surface area contributed by atoms with Crippen molar-refractivity contribution in [2.45, 2.75) is 51.6 Å². The summed E-state index contributed by atoms with van der Waals surface area (Å²) >= 11 is 0. The summed E-state index contributed by atoms with van der Waals surface area (Å²) in [6.07, 6.45) is -0.197. The Bertz CT molecular complexity index is 944. The first-order chi connectivity index (χ1) is 15.3. The van der Waals surface area contributed by atoms with E-state index >= 15 is 0 Å². The Morgan fingerprint density at radius 2 is 1.53 bits per heavy atom. The van der Waals surface area contributed by atoms with E-state index in [2.05, 4.69) is 22.8 Å². The molecule has 3 atom stereocenters. The van der Waals surface area contributed by atoms with Gasteiger partial charge in [-0.05, 0) is 35.1 Å². The van der Waals surface area contributed by atoms with Crippen LogP contribution < -0.4 is 10.6 Å². The van der Waals surface area contributed by atoms with Crippen LogP contribution in [0, 0.1) is 5.92 Å². The van der Waals surface area contributed by atoms with Crippen molar-refractivity contribution in [3.05, 3.63) is 59.7 Å². The lowest BCUT2D eigenvalue weighted by atomic mass is 9.98. The van der Waals surface area contributed by atoms with Crippen LogP contribution in [-0.2, 0) is 14.3 Å². The predicted octanol–water partition coefficient (Wildman–Crippen LogP) is 3.92. The van der Waals surface area contributed by atoms with Crippen molar-refractivity contribution in [3.63, 3.8) is 0 Å². The second kappa shape index (κ2) is 10.3. The minimum absolute atomic E-state index is 0.0698. The lowest BCUT2D eigenvalue weighted by Crippen LogP contribution is -2.52. The number of rotatable bonds is 9. The Hall–Kier alpha value is -3.35. The highest BCUT2D eigenvalue weighted by Gasteiger charge is 2.31. The average molecular weight is 439 g/mol. The molecule has 0 aromatic heterocycles. The van der Waals surface area contributed by atoms with Gasteiger partial charge in [-0.15, -0.1) is 0 Å². The Balaban J connectivity index is 1.66. The van der Waals surface area contributed by atoms with Crippen LogP contribution in [0.1, 0.15) is 50.7 Å². The number of nitrogens with one attached hydrogen (secondary N) is 2. The fraction of sp³-hybridized carbons (Fsp3) is 0.400. The zero-order valence-corrected chi connectivity index (χ0v) is 18.6. The summed E-state index contributed by atoms with van der Waals surface area (Å²) in [6.45, 7) is 5.55. The molecule has 3 N–H and O–H groups in total. The number of carbonyl (C=O) groups is 3. The van der Waals surface area contributed by atoms with Crippen molar-refractivity contribution >= 4 is 18.0 Å². The summed E-state index contributed by atoms with van der Waals surface area (Å²) in [6, 6.07) is 14.8. The smallest absolute Gasteiger partial charge is 0.407 e. The maximum atomic E-state index is 12.7. The van der Waals surface area contributed by atoms with Crippen molar-refractivity contribution in [2.24, 2.45) is 5.92 Å². The third-order valence-electron chi connectivity index (χ3n) is 5.98. The first-order valence-corrected chi connectivity index (χ1v) is 11.0. The van der Waals surface area contributed by atoms with E-state index in [1.807, 2.05) is 50.2 Å². The number of alkyl carbamates (subject to hydrolysis) is 1. The van der Waals surface area contributed by atoms with Crippen LogP contribution in [0.5, 0.6) is 0 Å². The number of amides is 2. The van der Waals surface area contributed by atoms with Gasteiger partial charge in [0, 0.05) is 12.0 Å². The molecule has 3 rings (SSSR count). The van der Waals surface area contributed by atoms with Crippen molar-refractivity contribution < 1.29 is 24.2 Å². The molecule has 2 aromatic rings. The number of carboxylic acids is 1. The van der Waals surface area contributed by atoms with Crippen LogP contribution in [0.3, 0.4) is 0 Å². The summed E-state index contributed by atoms with van der Waals surface area (Å²) in [5.41, 5.74) is 4.50. The van der Waals surface area contributed by atoms with E-state index in [0.717, 1.165) is 22.3 Å². The van der Waals surface area contributed by atoms with E-state index in [9.17, 15) is 14.4 Å². The van der Waals surface area contributed by atoms with Crippen molar-refractivity contribution in [3.8, 4) is 11.1 Å². The Labute approximate surface area is 188 Å². The molecule has 0 saturated heterocycles. The van der Waals surface area contributed by atoms with Crippen LogP contribution in [0.15, 0.2) is 48.5 Å². The van der Waals surface area contributed by atoms with Gasteiger partial charge < -0.3 is 20.5 Å². The maximum absolute atomic E-state index is 12.7. The standard InChI is InChI=1S/C25H30N2O5/c1-4-15(2)23(24(30)26-16(3)13-22(28)29)27-25(31)32-14-21-19-11-7-5-9-17(19)18-10-6-8-12-20(18)21/h5-12,15-16,21,23H,4,13-14H2,1-3H3,(H,26,30)(H,27,31)(H,28,29)/t15-,16?,23-/m0/s1. The molecule has 170 valence electrons. The van der Waals surface area contributed by atoms with Gasteiger partial charge in [0.15, 0.2) is 0 Å².